The molecule has 1 N–H and O–H groups in total. The number of rotatable bonds is 4. The van der Waals surface area contributed by atoms with Crippen molar-refractivity contribution >= 4 is 15.9 Å². The fourth-order valence-corrected chi connectivity index (χ4v) is 3.44. The Balaban J connectivity index is 1.65. The predicted molar refractivity (Wildman–Crippen MR) is 86.1 cm³/mol. The lowest BCUT2D eigenvalue weighted by atomic mass is 9.95. The zero-order valence-electron chi connectivity index (χ0n) is 12.2. The maximum absolute atomic E-state index is 5.39. The van der Waals surface area contributed by atoms with Gasteiger partial charge in [0.2, 0.25) is 11.7 Å². The largest absolute Gasteiger partial charge is 0.339 e. The van der Waals surface area contributed by atoms with Crippen LogP contribution in [0.4, 0.5) is 0 Å². The first-order valence-corrected chi connectivity index (χ1v) is 8.31. The van der Waals surface area contributed by atoms with E-state index in [1.807, 2.05) is 6.07 Å². The number of hydrogen-bond acceptors (Lipinski definition) is 4. The summed E-state index contributed by atoms with van der Waals surface area (Å²) in [7, 11) is 0. The fourth-order valence-electron chi connectivity index (χ4n) is 2.77. The summed E-state index contributed by atoms with van der Waals surface area (Å²) >= 11 is 3.56. The van der Waals surface area contributed by atoms with Crippen LogP contribution in [0.25, 0.3) is 11.4 Å². The molecule has 5 heteroatoms. The van der Waals surface area contributed by atoms with Gasteiger partial charge < -0.3 is 9.84 Å². The van der Waals surface area contributed by atoms with Gasteiger partial charge in [-0.25, -0.2) is 0 Å². The Kier molecular flexibility index (Phi) is 4.70. The topological polar surface area (TPSA) is 51.0 Å². The molecule has 1 unspecified atom stereocenters. The summed E-state index contributed by atoms with van der Waals surface area (Å²) in [5.74, 6) is 2.14. The zero-order valence-corrected chi connectivity index (χ0v) is 13.8. The third-order valence-corrected chi connectivity index (χ3v) is 4.66. The lowest BCUT2D eigenvalue weighted by molar-refractivity contribution is 0.327. The van der Waals surface area contributed by atoms with Gasteiger partial charge >= 0.3 is 0 Å². The van der Waals surface area contributed by atoms with Gasteiger partial charge in [-0.1, -0.05) is 27.2 Å². The summed E-state index contributed by atoms with van der Waals surface area (Å²) in [5.41, 5.74) is 2.19. The van der Waals surface area contributed by atoms with E-state index in [-0.39, 0.29) is 0 Å². The SMILES string of the molecule is Cc1ccc(-c2noc(CCC3CCCNC3)n2)c(Br)c1. The van der Waals surface area contributed by atoms with Crippen LogP contribution in [-0.4, -0.2) is 23.2 Å². The fraction of sp³-hybridized carbons (Fsp3) is 0.500. The van der Waals surface area contributed by atoms with Crippen LogP contribution in [-0.2, 0) is 6.42 Å². The van der Waals surface area contributed by atoms with E-state index in [9.17, 15) is 0 Å². The Hall–Kier alpha value is -1.20. The monoisotopic (exact) mass is 349 g/mol. The lowest BCUT2D eigenvalue weighted by Gasteiger charge is -2.21. The number of nitrogens with one attached hydrogen (secondary N) is 1. The lowest BCUT2D eigenvalue weighted by Crippen LogP contribution is -2.29. The second-order valence-electron chi connectivity index (χ2n) is 5.75. The van der Waals surface area contributed by atoms with Crippen molar-refractivity contribution in [2.24, 2.45) is 5.92 Å². The van der Waals surface area contributed by atoms with E-state index in [0.29, 0.717) is 5.82 Å². The standard InChI is InChI=1S/C16H20BrN3O/c1-11-4-6-13(14(17)9-11)16-19-15(21-20-16)7-5-12-3-2-8-18-10-12/h4,6,9,12,18H,2-3,5,7-8,10H2,1H3. The maximum atomic E-state index is 5.39. The van der Waals surface area contributed by atoms with Gasteiger partial charge in [0.15, 0.2) is 0 Å². The average molecular weight is 350 g/mol. The average Bonchev–Trinajstić information content (AvgIpc) is 2.95. The molecule has 1 saturated heterocycles. The number of benzene rings is 1. The molecule has 2 aromatic rings. The van der Waals surface area contributed by atoms with E-state index in [4.69, 9.17) is 4.52 Å². The van der Waals surface area contributed by atoms with E-state index in [2.05, 4.69) is 50.4 Å². The van der Waals surface area contributed by atoms with Gasteiger partial charge in [0.1, 0.15) is 0 Å². The molecule has 0 bridgehead atoms. The minimum Gasteiger partial charge on any atom is -0.339 e. The van der Waals surface area contributed by atoms with E-state index >= 15 is 0 Å². The van der Waals surface area contributed by atoms with Crippen LogP contribution in [0.3, 0.4) is 0 Å². The number of nitrogens with zero attached hydrogens (tertiary/aromatic N) is 2. The molecule has 21 heavy (non-hydrogen) atoms. The molecule has 0 saturated carbocycles. The summed E-state index contributed by atoms with van der Waals surface area (Å²) in [4.78, 5) is 4.53. The number of aromatic nitrogens is 2. The van der Waals surface area contributed by atoms with Gasteiger partial charge in [-0.3, -0.25) is 0 Å². The van der Waals surface area contributed by atoms with Crippen molar-refractivity contribution in [2.45, 2.75) is 32.6 Å². The van der Waals surface area contributed by atoms with Crippen LogP contribution in [0, 0.1) is 12.8 Å². The number of aryl methyl sites for hydroxylation is 2. The van der Waals surface area contributed by atoms with Gasteiger partial charge in [-0.15, -0.1) is 0 Å². The van der Waals surface area contributed by atoms with Gasteiger partial charge in [-0.2, -0.15) is 4.98 Å². The molecule has 1 fully saturated rings. The van der Waals surface area contributed by atoms with Gasteiger partial charge in [-0.05, 0) is 62.9 Å². The van der Waals surface area contributed by atoms with Gasteiger partial charge in [0.25, 0.3) is 0 Å². The van der Waals surface area contributed by atoms with Crippen molar-refractivity contribution in [3.05, 3.63) is 34.1 Å². The highest BCUT2D eigenvalue weighted by molar-refractivity contribution is 9.10. The zero-order chi connectivity index (χ0) is 14.7. The molecule has 0 radical (unpaired) electrons. The molecule has 1 atom stereocenters. The molecule has 4 nitrogen and oxygen atoms in total. The van der Waals surface area contributed by atoms with Crippen molar-refractivity contribution in [1.29, 1.82) is 0 Å². The van der Waals surface area contributed by atoms with Crippen LogP contribution in [0.5, 0.6) is 0 Å². The molecule has 2 heterocycles. The van der Waals surface area contributed by atoms with E-state index < -0.39 is 0 Å². The van der Waals surface area contributed by atoms with Crippen LogP contribution >= 0.6 is 15.9 Å². The molecule has 1 aromatic carbocycles. The number of halogens is 1. The molecular formula is C16H20BrN3O. The first kappa shape index (κ1) is 14.7. The third-order valence-electron chi connectivity index (χ3n) is 4.00. The van der Waals surface area contributed by atoms with Crippen molar-refractivity contribution in [3.63, 3.8) is 0 Å². The smallest absolute Gasteiger partial charge is 0.226 e. The highest BCUT2D eigenvalue weighted by Gasteiger charge is 2.16. The maximum Gasteiger partial charge on any atom is 0.226 e. The van der Waals surface area contributed by atoms with Crippen LogP contribution in [0.2, 0.25) is 0 Å². The van der Waals surface area contributed by atoms with Crippen molar-refractivity contribution < 1.29 is 4.52 Å². The Morgan fingerprint density at radius 3 is 3.10 bits per heavy atom. The second-order valence-corrected chi connectivity index (χ2v) is 6.60. The Labute approximate surface area is 133 Å². The number of hydrogen-bond donors (Lipinski definition) is 1. The summed E-state index contributed by atoms with van der Waals surface area (Å²) in [6.45, 7) is 4.33. The molecule has 3 rings (SSSR count). The molecule has 0 amide bonds. The first-order valence-electron chi connectivity index (χ1n) is 7.52. The molecule has 112 valence electrons. The van der Waals surface area contributed by atoms with Crippen molar-refractivity contribution in [3.8, 4) is 11.4 Å². The van der Waals surface area contributed by atoms with Crippen molar-refractivity contribution in [1.82, 2.24) is 15.5 Å². The van der Waals surface area contributed by atoms with Crippen LogP contribution < -0.4 is 5.32 Å². The Morgan fingerprint density at radius 2 is 2.33 bits per heavy atom. The predicted octanol–water partition coefficient (Wildman–Crippen LogP) is 3.74. The molecule has 0 spiro atoms. The van der Waals surface area contributed by atoms with Gasteiger partial charge in [0, 0.05) is 16.5 Å². The Morgan fingerprint density at radius 1 is 1.43 bits per heavy atom. The molecule has 1 aromatic heterocycles. The first-order chi connectivity index (χ1) is 10.2. The van der Waals surface area contributed by atoms with E-state index in [0.717, 1.165) is 47.8 Å². The highest BCUT2D eigenvalue weighted by atomic mass is 79.9. The van der Waals surface area contributed by atoms with Gasteiger partial charge in [0.05, 0.1) is 0 Å². The molecular weight excluding hydrogens is 330 g/mol. The molecule has 0 aliphatic carbocycles. The number of piperidine rings is 1. The van der Waals surface area contributed by atoms with E-state index in [1.54, 1.807) is 0 Å². The minimum atomic E-state index is 0.665. The minimum absolute atomic E-state index is 0.665. The normalized spacial score (nSPS) is 18.9. The van der Waals surface area contributed by atoms with Crippen LogP contribution in [0.15, 0.2) is 27.2 Å². The summed E-state index contributed by atoms with van der Waals surface area (Å²) in [6, 6.07) is 6.15. The Bertz CT molecular complexity index is 605. The van der Waals surface area contributed by atoms with Crippen LogP contribution in [0.1, 0.15) is 30.7 Å². The summed E-state index contributed by atoms with van der Waals surface area (Å²) in [5, 5.41) is 7.55. The third kappa shape index (κ3) is 3.71. The molecule has 1 aliphatic heterocycles. The van der Waals surface area contributed by atoms with Crippen molar-refractivity contribution in [2.75, 3.05) is 13.1 Å². The summed E-state index contributed by atoms with van der Waals surface area (Å²) in [6.07, 6.45) is 4.56. The highest BCUT2D eigenvalue weighted by Crippen LogP contribution is 2.27. The van der Waals surface area contributed by atoms with E-state index in [1.165, 1.54) is 18.4 Å². The molecule has 1 aliphatic rings. The second kappa shape index (κ2) is 6.71. The summed E-state index contributed by atoms with van der Waals surface area (Å²) < 4.78 is 6.40. The quantitative estimate of drug-likeness (QED) is 0.913.